The van der Waals surface area contributed by atoms with Gasteiger partial charge in [0.25, 0.3) is 0 Å². The van der Waals surface area contributed by atoms with Gasteiger partial charge >= 0.3 is 53.7 Å². The third-order valence-electron chi connectivity index (χ3n) is 10.3. The molecule has 0 radical (unpaired) electrons. The molecule has 24 heteroatoms. The van der Waals surface area contributed by atoms with E-state index in [1.54, 1.807) is 45.0 Å². The molecule has 2 bridgehead atoms. The number of methoxy groups -OCH3 is 1. The Morgan fingerprint density at radius 3 is 1.93 bits per heavy atom. The summed E-state index contributed by atoms with van der Waals surface area (Å²) in [5.41, 5.74) is 0.517. The summed E-state index contributed by atoms with van der Waals surface area (Å²) >= 11 is 0.421. The van der Waals surface area contributed by atoms with Gasteiger partial charge in [-0.3, -0.25) is 9.88 Å². The second-order valence-electron chi connectivity index (χ2n) is 15.4. The molecule has 3 aliphatic heterocycles. The Morgan fingerprint density at radius 1 is 0.831 bits per heavy atom. The van der Waals surface area contributed by atoms with E-state index in [1.807, 2.05) is 4.90 Å². The molecule has 59 heavy (non-hydrogen) atoms. The van der Waals surface area contributed by atoms with Gasteiger partial charge in [0.05, 0.1) is 18.7 Å². The van der Waals surface area contributed by atoms with Crippen LogP contribution in [0, 0.1) is 11.8 Å². The molecule has 3 fully saturated rings. The van der Waals surface area contributed by atoms with E-state index in [4.69, 9.17) is 9.47 Å². The van der Waals surface area contributed by atoms with Crippen molar-refractivity contribution in [1.29, 1.82) is 0 Å². The Bertz CT molecular complexity index is 1810. The van der Waals surface area contributed by atoms with Gasteiger partial charge in [0.15, 0.2) is 0 Å². The minimum Gasteiger partial charge on any atom is -0.497 e. The highest BCUT2D eigenvalue weighted by Crippen LogP contribution is 2.64. The van der Waals surface area contributed by atoms with Crippen LogP contribution in [0.5, 0.6) is 5.75 Å². The zero-order chi connectivity index (χ0) is 45.0. The van der Waals surface area contributed by atoms with E-state index in [0.717, 1.165) is 0 Å². The lowest BCUT2D eigenvalue weighted by Gasteiger charge is -2.52. The molecule has 0 saturated carbocycles. The Morgan fingerprint density at radius 2 is 1.41 bits per heavy atom. The van der Waals surface area contributed by atoms with Crippen LogP contribution in [0.25, 0.3) is 10.9 Å². The number of halogens is 17. The van der Waals surface area contributed by atoms with E-state index < -0.39 is 83.6 Å². The zero-order valence-electron chi connectivity index (χ0n) is 31.3. The first-order valence-corrected chi connectivity index (χ1v) is 18.8. The van der Waals surface area contributed by atoms with Gasteiger partial charge in [-0.15, -0.1) is 0 Å². The first-order valence-electron chi connectivity index (χ1n) is 17.6. The summed E-state index contributed by atoms with van der Waals surface area (Å²) < 4.78 is 243. The third kappa shape index (κ3) is 8.80. The van der Waals surface area contributed by atoms with Crippen molar-refractivity contribution in [3.63, 3.8) is 0 Å². The van der Waals surface area contributed by atoms with Gasteiger partial charge < -0.3 is 14.8 Å². The number of piperidine rings is 3. The Hall–Kier alpha value is -3.18. The van der Waals surface area contributed by atoms with Crippen molar-refractivity contribution >= 4 is 28.8 Å². The van der Waals surface area contributed by atoms with Crippen LogP contribution in [0.15, 0.2) is 30.5 Å². The van der Waals surface area contributed by atoms with Crippen molar-refractivity contribution in [3.8, 4) is 5.75 Å². The fourth-order valence-electron chi connectivity index (χ4n) is 7.03. The van der Waals surface area contributed by atoms with Gasteiger partial charge in [-0.1, -0.05) is 0 Å². The number of ether oxygens (including phenoxy) is 2. The molecule has 5 atom stereocenters. The van der Waals surface area contributed by atoms with Crippen LogP contribution in [-0.2, 0) is 4.74 Å². The van der Waals surface area contributed by atoms with Gasteiger partial charge in [-0.05, 0) is 94.2 Å². The van der Waals surface area contributed by atoms with Crippen LogP contribution < -0.4 is 10.1 Å². The average Bonchev–Trinajstić information content (AvgIpc) is 3.11. The van der Waals surface area contributed by atoms with E-state index >= 15 is 0 Å². The van der Waals surface area contributed by atoms with Crippen LogP contribution in [0.4, 0.5) is 79.4 Å². The molecule has 336 valence electrons. The number of aromatic nitrogens is 1. The van der Waals surface area contributed by atoms with Crippen molar-refractivity contribution < 1.29 is 88.9 Å². The van der Waals surface area contributed by atoms with E-state index in [-0.39, 0.29) is 24.0 Å². The fraction of sp³-hybridized carbons (Fsp3) is 0.714. The molecule has 4 heterocycles. The van der Waals surface area contributed by atoms with Crippen LogP contribution >= 0.6 is 11.8 Å². The highest BCUT2D eigenvalue weighted by atomic mass is 32.2. The number of hydrogen-bond acceptors (Lipinski definition) is 6. The smallest absolute Gasteiger partial charge is 0.460 e. The number of carbonyl (C=O) groups excluding carboxylic acids is 1. The van der Waals surface area contributed by atoms with Crippen molar-refractivity contribution in [2.45, 2.75) is 112 Å². The maximum atomic E-state index is 14.4. The van der Waals surface area contributed by atoms with Crippen LogP contribution in [0.1, 0.15) is 58.1 Å². The minimum atomic E-state index is -8.64. The Labute approximate surface area is 329 Å². The predicted octanol–water partition coefficient (Wildman–Crippen LogP) is 11.0. The lowest BCUT2D eigenvalue weighted by molar-refractivity contribution is -0.461. The SMILES string of the molecule is COc1ccc2nccc([C@@H](OC(=O)NC(C)(C)C)[C@@H]3CC4CCN3CC4CCSCCC(F)(F)C(F)(F)C(F)(F)C(F)(F)C(F)(F)C(F)(F)C(F)(F)C(F)(F)F)c2c1. The summed E-state index contributed by atoms with van der Waals surface area (Å²) in [5.74, 6) is -57.4. The minimum absolute atomic E-state index is 0.0822. The summed E-state index contributed by atoms with van der Waals surface area (Å²) in [4.78, 5) is 19.5. The largest absolute Gasteiger partial charge is 0.497 e. The van der Waals surface area contributed by atoms with Gasteiger partial charge in [-0.25, -0.2) is 4.79 Å². The molecule has 3 aliphatic rings. The van der Waals surface area contributed by atoms with Crippen molar-refractivity contribution in [2.24, 2.45) is 11.8 Å². The molecule has 2 aromatic rings. The molecule has 6 nitrogen and oxygen atoms in total. The average molecular weight is 904 g/mol. The molecule has 1 N–H and O–H groups in total. The monoisotopic (exact) mass is 903 g/mol. The number of hydrogen-bond donors (Lipinski definition) is 1. The second-order valence-corrected chi connectivity index (χ2v) is 16.6. The molecule has 5 rings (SSSR count). The lowest BCUT2D eigenvalue weighted by atomic mass is 9.72. The number of thioether (sulfide) groups is 1. The number of alkyl halides is 17. The van der Waals surface area contributed by atoms with E-state index in [0.29, 0.717) is 59.9 Å². The topological polar surface area (TPSA) is 63.7 Å². The predicted molar refractivity (Wildman–Crippen MR) is 179 cm³/mol. The number of nitrogens with one attached hydrogen (secondary N) is 1. The first-order chi connectivity index (χ1) is 26.7. The summed E-state index contributed by atoms with van der Waals surface area (Å²) in [6.07, 6.45) is -9.05. The van der Waals surface area contributed by atoms with Gasteiger partial charge in [0, 0.05) is 35.7 Å². The molecule has 3 unspecified atom stereocenters. The van der Waals surface area contributed by atoms with Crippen LogP contribution in [0.3, 0.4) is 0 Å². The van der Waals surface area contributed by atoms with E-state index in [9.17, 15) is 79.4 Å². The standard InChI is InChI=1S/C35H38F17N3O3S/c1-27(2,3)54-26(56)58-25(21-7-11-53-23-6-5-20(57-4)16-22(21)23)24-15-18-8-12-55(24)17-19(18)9-13-59-14-10-28(36,37)29(38,39)30(40,41)31(42,43)32(44,45)33(46,47)34(48,49)35(50,51)52/h5-7,11,16,18-19,24-25H,8-10,12-15,17H2,1-4H3,(H,54,56)/t18?,19?,24-,25+/m0/s1. The first kappa shape index (κ1) is 48.5. The molecule has 1 amide bonds. The lowest BCUT2D eigenvalue weighted by Crippen LogP contribution is -2.74. The number of nitrogens with zero attached hydrogens (tertiary/aromatic N) is 2. The fourth-order valence-corrected chi connectivity index (χ4v) is 8.11. The van der Waals surface area contributed by atoms with Crippen LogP contribution in [0.2, 0.25) is 0 Å². The molecular weight excluding hydrogens is 865 g/mol. The molecule has 1 aromatic carbocycles. The number of alkyl carbamates (subject to hydrolysis) is 1. The third-order valence-corrected chi connectivity index (χ3v) is 11.3. The van der Waals surface area contributed by atoms with Crippen molar-refractivity contribution in [3.05, 3.63) is 36.0 Å². The van der Waals surface area contributed by atoms with Crippen LogP contribution in [-0.4, -0.2) is 107 Å². The maximum absolute atomic E-state index is 14.4. The van der Waals surface area contributed by atoms with E-state index in [1.165, 1.54) is 13.3 Å². The second kappa shape index (κ2) is 16.3. The summed E-state index contributed by atoms with van der Waals surface area (Å²) in [6.45, 7) is 6.12. The Balaban J connectivity index is 1.43. The number of rotatable bonds is 16. The highest BCUT2D eigenvalue weighted by Gasteiger charge is 2.95. The summed E-state index contributed by atoms with van der Waals surface area (Å²) in [7, 11) is 1.46. The number of amides is 1. The normalized spacial score (nSPS) is 22.1. The molecule has 0 spiro atoms. The maximum Gasteiger partial charge on any atom is 0.460 e. The zero-order valence-corrected chi connectivity index (χ0v) is 32.1. The Kier molecular flexibility index (Phi) is 13.4. The molecule has 1 aromatic heterocycles. The van der Waals surface area contributed by atoms with E-state index in [2.05, 4.69) is 10.3 Å². The summed E-state index contributed by atoms with van der Waals surface area (Å²) in [6, 6.07) is 6.44. The number of fused-ring (bicyclic) bond motifs is 4. The molecule has 0 aliphatic carbocycles. The summed E-state index contributed by atoms with van der Waals surface area (Å²) in [5, 5.41) is 3.38. The number of pyridine rings is 1. The number of benzene rings is 1. The van der Waals surface area contributed by atoms with Gasteiger partial charge in [0.2, 0.25) is 0 Å². The highest BCUT2D eigenvalue weighted by molar-refractivity contribution is 7.99. The molecule has 3 saturated heterocycles. The quantitative estimate of drug-likeness (QED) is 0.134. The van der Waals surface area contributed by atoms with Crippen molar-refractivity contribution in [1.82, 2.24) is 15.2 Å². The number of carbonyl (C=O) groups is 1. The molecular formula is C35H38F17N3O3S. The van der Waals surface area contributed by atoms with Gasteiger partial charge in [0.1, 0.15) is 11.9 Å². The van der Waals surface area contributed by atoms with Gasteiger partial charge in [-0.2, -0.15) is 86.4 Å². The van der Waals surface area contributed by atoms with Crippen molar-refractivity contribution in [2.75, 3.05) is 31.7 Å².